The van der Waals surface area contributed by atoms with E-state index in [1.165, 1.54) is 6.92 Å². The van der Waals surface area contributed by atoms with Crippen molar-refractivity contribution in [1.29, 1.82) is 0 Å². The molecule has 17 heteroatoms. The number of hydrogen-bond acceptors (Lipinski definition) is 13. The number of nitrogens with one attached hydrogen (secondary N) is 3. The molecule has 1 heterocycles. The van der Waals surface area contributed by atoms with Crippen LogP contribution in [0.25, 0.3) is 0 Å². The maximum Gasteiger partial charge on any atom is 0.220 e. The zero-order valence-electron chi connectivity index (χ0n) is 29.7. The van der Waals surface area contributed by atoms with Crippen molar-refractivity contribution in [2.45, 2.75) is 133 Å². The van der Waals surface area contributed by atoms with Crippen molar-refractivity contribution in [3.63, 3.8) is 0 Å². The van der Waals surface area contributed by atoms with Crippen LogP contribution in [0.2, 0.25) is 0 Å². The highest BCUT2D eigenvalue weighted by Crippen LogP contribution is 2.23. The Balaban J connectivity index is 2.25. The lowest BCUT2D eigenvalue weighted by Crippen LogP contribution is -2.64. The number of carbonyl (C=O) groups is 4. The number of hydrogen-bond donors (Lipinski definition) is 9. The number of nitrogens with two attached hydrogens (primary N) is 2. The van der Waals surface area contributed by atoms with Gasteiger partial charge in [0.05, 0.1) is 43.2 Å². The van der Waals surface area contributed by atoms with Crippen molar-refractivity contribution < 1.29 is 58.6 Å². The van der Waals surface area contributed by atoms with Crippen molar-refractivity contribution in [3.8, 4) is 0 Å². The average molecular weight is 708 g/mol. The number of ether oxygens (including phenoxy) is 4. The minimum atomic E-state index is -1.39. The van der Waals surface area contributed by atoms with Crippen molar-refractivity contribution in [2.24, 2.45) is 11.5 Å². The van der Waals surface area contributed by atoms with Crippen molar-refractivity contribution in [2.75, 3.05) is 46.1 Å². The van der Waals surface area contributed by atoms with Gasteiger partial charge in [0, 0.05) is 45.9 Å². The molecular formula is C32H61N5O12. The first-order valence-corrected chi connectivity index (χ1v) is 16.8. The Bertz CT molecular complexity index is 1030. The van der Waals surface area contributed by atoms with Crippen LogP contribution in [-0.4, -0.2) is 138 Å². The summed E-state index contributed by atoms with van der Waals surface area (Å²) in [7, 11) is 0. The third kappa shape index (κ3) is 18.4. The molecule has 1 aliphatic rings. The van der Waals surface area contributed by atoms with Crippen molar-refractivity contribution in [3.05, 3.63) is 0 Å². The predicted octanol–water partition coefficient (Wildman–Crippen LogP) is -1.93. The Morgan fingerprint density at radius 3 is 1.88 bits per heavy atom. The highest BCUT2D eigenvalue weighted by Gasteiger charge is 2.45. The van der Waals surface area contributed by atoms with E-state index in [0.717, 1.165) is 0 Å². The molecule has 17 nitrogen and oxygen atoms in total. The lowest BCUT2D eigenvalue weighted by atomic mass is 9.97. The molecule has 0 aromatic carbocycles. The Kier molecular flexibility index (Phi) is 19.7. The molecule has 0 bridgehead atoms. The van der Waals surface area contributed by atoms with E-state index in [2.05, 4.69) is 16.0 Å². The standard InChI is InChI=1S/C32H61N5O12/c1-21(40)37-26-28(45)27(44)22(17-38)49-29(26)46-16-7-6-9-24(42)35-14-8-15-36-25(43)11-13-31(4,5)48-20-32(34,18-39)19-47-30(2,3)12-10-23(33)41/h22,26-29,38-39,44-45H,6-20,34H2,1-5H3,(H2,33,41)(H,35,42)(H,36,43)(H,37,40)/t22?,26?,27-,28?,29+,32?/m0/s1. The van der Waals surface area contributed by atoms with Gasteiger partial charge in [0.15, 0.2) is 6.29 Å². The lowest BCUT2D eigenvalue weighted by Gasteiger charge is -2.42. The monoisotopic (exact) mass is 707 g/mol. The fraction of sp³-hybridized carbons (Fsp3) is 0.875. The maximum atomic E-state index is 12.4. The van der Waals surface area contributed by atoms with E-state index in [0.29, 0.717) is 45.2 Å². The van der Waals surface area contributed by atoms with Crippen molar-refractivity contribution >= 4 is 23.6 Å². The molecule has 1 saturated heterocycles. The van der Waals surface area contributed by atoms with Gasteiger partial charge in [-0.1, -0.05) is 0 Å². The van der Waals surface area contributed by atoms with Crippen LogP contribution in [-0.2, 0) is 38.1 Å². The first kappa shape index (κ1) is 44.5. The van der Waals surface area contributed by atoms with E-state index in [1.807, 2.05) is 27.7 Å². The van der Waals surface area contributed by atoms with Crippen LogP contribution in [0, 0.1) is 0 Å². The molecule has 0 radical (unpaired) electrons. The molecule has 49 heavy (non-hydrogen) atoms. The summed E-state index contributed by atoms with van der Waals surface area (Å²) in [4.78, 5) is 47.1. The van der Waals surface area contributed by atoms with E-state index >= 15 is 0 Å². The quantitative estimate of drug-likeness (QED) is 0.0468. The van der Waals surface area contributed by atoms with Gasteiger partial charge in [-0.25, -0.2) is 0 Å². The van der Waals surface area contributed by atoms with Gasteiger partial charge in [0.2, 0.25) is 23.6 Å². The molecule has 0 aromatic heterocycles. The highest BCUT2D eigenvalue weighted by atomic mass is 16.7. The molecule has 1 aliphatic heterocycles. The number of carbonyl (C=O) groups excluding carboxylic acids is 4. The highest BCUT2D eigenvalue weighted by molar-refractivity contribution is 5.76. The number of amides is 4. The number of aliphatic hydroxyl groups is 4. The molecule has 11 N–H and O–H groups in total. The van der Waals surface area contributed by atoms with Crippen molar-refractivity contribution in [1.82, 2.24) is 16.0 Å². The molecule has 286 valence electrons. The van der Waals surface area contributed by atoms with Gasteiger partial charge in [0.1, 0.15) is 24.4 Å². The molecule has 0 saturated carbocycles. The number of rotatable bonds is 25. The zero-order valence-corrected chi connectivity index (χ0v) is 29.7. The van der Waals surface area contributed by atoms with Crippen LogP contribution in [0.15, 0.2) is 0 Å². The van der Waals surface area contributed by atoms with Crippen LogP contribution in [0.5, 0.6) is 0 Å². The van der Waals surface area contributed by atoms with Gasteiger partial charge in [-0.15, -0.1) is 0 Å². The third-order valence-electron chi connectivity index (χ3n) is 8.07. The fourth-order valence-electron chi connectivity index (χ4n) is 4.72. The van der Waals surface area contributed by atoms with E-state index < -0.39 is 65.8 Å². The summed E-state index contributed by atoms with van der Waals surface area (Å²) in [6, 6.07) is -1.02. The minimum absolute atomic E-state index is 0.00119. The van der Waals surface area contributed by atoms with Gasteiger partial charge in [-0.3, -0.25) is 19.2 Å². The summed E-state index contributed by atoms with van der Waals surface area (Å²) in [5.41, 5.74) is 8.96. The largest absolute Gasteiger partial charge is 0.394 e. The molecule has 0 spiro atoms. The van der Waals surface area contributed by atoms with Crippen LogP contribution >= 0.6 is 0 Å². The molecular weight excluding hydrogens is 646 g/mol. The van der Waals surface area contributed by atoms with Crippen LogP contribution in [0.4, 0.5) is 0 Å². The van der Waals surface area contributed by atoms with Crippen LogP contribution < -0.4 is 27.4 Å². The molecule has 0 aliphatic carbocycles. The average Bonchev–Trinajstić information content (AvgIpc) is 3.03. The first-order chi connectivity index (χ1) is 22.8. The molecule has 4 unspecified atom stereocenters. The molecule has 1 rings (SSSR count). The normalized spacial score (nSPS) is 22.6. The lowest BCUT2D eigenvalue weighted by molar-refractivity contribution is -0.270. The SMILES string of the molecule is CC(=O)NC1C(O)[C@@H](O)C(CO)O[C@H]1OCCCCC(=O)NCCCNC(=O)CCC(C)(C)OCC(N)(CO)COC(C)(C)CCC(N)=O. The Morgan fingerprint density at radius 1 is 0.816 bits per heavy atom. The molecule has 0 aromatic rings. The number of aliphatic hydroxyl groups excluding tert-OH is 4. The summed E-state index contributed by atoms with van der Waals surface area (Å²) in [6.45, 7) is 8.50. The second-order valence-corrected chi connectivity index (χ2v) is 13.9. The zero-order chi connectivity index (χ0) is 37.3. The van der Waals surface area contributed by atoms with Gasteiger partial charge in [-0.05, 0) is 59.8 Å². The summed E-state index contributed by atoms with van der Waals surface area (Å²) < 4.78 is 23.0. The summed E-state index contributed by atoms with van der Waals surface area (Å²) >= 11 is 0. The Hall–Kier alpha value is -2.48. The van der Waals surface area contributed by atoms with E-state index in [4.69, 9.17) is 30.4 Å². The smallest absolute Gasteiger partial charge is 0.220 e. The first-order valence-electron chi connectivity index (χ1n) is 16.8. The maximum absolute atomic E-state index is 12.4. The molecule has 4 amide bonds. The topological polar surface area (TPSA) is 274 Å². The van der Waals surface area contributed by atoms with Gasteiger partial charge in [0.25, 0.3) is 0 Å². The third-order valence-corrected chi connectivity index (χ3v) is 8.07. The summed E-state index contributed by atoms with van der Waals surface area (Å²) in [6.07, 6.45) is -2.00. The number of unbranched alkanes of at least 4 members (excludes halogenated alkanes) is 1. The second kappa shape index (κ2) is 21.7. The van der Waals surface area contributed by atoms with Gasteiger partial charge < -0.3 is 66.8 Å². The number of primary amides is 1. The molecule has 6 atom stereocenters. The summed E-state index contributed by atoms with van der Waals surface area (Å²) in [5.74, 6) is -1.20. The van der Waals surface area contributed by atoms with Gasteiger partial charge >= 0.3 is 0 Å². The minimum Gasteiger partial charge on any atom is -0.394 e. The predicted molar refractivity (Wildman–Crippen MR) is 178 cm³/mol. The van der Waals surface area contributed by atoms with E-state index in [9.17, 15) is 39.6 Å². The summed E-state index contributed by atoms with van der Waals surface area (Å²) in [5, 5.41) is 47.7. The second-order valence-electron chi connectivity index (χ2n) is 13.9. The van der Waals surface area contributed by atoms with Gasteiger partial charge in [-0.2, -0.15) is 0 Å². The van der Waals surface area contributed by atoms with Crippen LogP contribution in [0.3, 0.4) is 0 Å². The Labute approximate surface area is 289 Å². The Morgan fingerprint density at radius 2 is 1.37 bits per heavy atom. The van der Waals surface area contributed by atoms with Crippen LogP contribution in [0.1, 0.15) is 86.0 Å². The van der Waals surface area contributed by atoms with E-state index in [1.54, 1.807) is 0 Å². The molecule has 1 fully saturated rings. The fourth-order valence-corrected chi connectivity index (χ4v) is 4.72. The van der Waals surface area contributed by atoms with E-state index in [-0.39, 0.29) is 57.5 Å².